The maximum Gasteiger partial charge on any atom is 0.293 e. The van der Waals surface area contributed by atoms with Crippen molar-refractivity contribution < 1.29 is 9.47 Å². The van der Waals surface area contributed by atoms with Gasteiger partial charge in [-0.1, -0.05) is 0 Å². The minimum Gasteiger partial charge on any atom is -0.382 e. The van der Waals surface area contributed by atoms with Crippen LogP contribution >= 0.6 is 0 Å². The summed E-state index contributed by atoms with van der Waals surface area (Å²) in [5.41, 5.74) is -0.123. The van der Waals surface area contributed by atoms with Crippen molar-refractivity contribution in [2.75, 3.05) is 32.7 Å². The second-order valence-corrected chi connectivity index (χ2v) is 3.56. The Morgan fingerprint density at radius 2 is 2.29 bits per heavy atom. The Hall–Kier alpha value is -1.40. The van der Waals surface area contributed by atoms with Gasteiger partial charge < -0.3 is 19.4 Å². The summed E-state index contributed by atoms with van der Waals surface area (Å²) in [5, 5.41) is 2.97. The van der Waals surface area contributed by atoms with E-state index in [1.165, 1.54) is 0 Å². The second-order valence-electron chi connectivity index (χ2n) is 3.56. The lowest BCUT2D eigenvalue weighted by Crippen LogP contribution is -2.30. The summed E-state index contributed by atoms with van der Waals surface area (Å²) >= 11 is 0. The number of hydrogen-bond donors (Lipinski definition) is 1. The predicted molar refractivity (Wildman–Crippen MR) is 65.3 cm³/mol. The quantitative estimate of drug-likeness (QED) is 0.745. The lowest BCUT2D eigenvalue weighted by Gasteiger charge is -2.15. The molecule has 17 heavy (non-hydrogen) atoms. The van der Waals surface area contributed by atoms with Crippen LogP contribution < -0.4 is 10.9 Å². The van der Waals surface area contributed by atoms with Gasteiger partial charge in [0.2, 0.25) is 0 Å². The van der Waals surface area contributed by atoms with Gasteiger partial charge in [-0.2, -0.15) is 0 Å². The first-order chi connectivity index (χ1) is 8.22. The second kappa shape index (κ2) is 7.03. The molecular formula is C11H19N3O3. The third-order valence-electron chi connectivity index (χ3n) is 2.44. The largest absolute Gasteiger partial charge is 0.382 e. The van der Waals surface area contributed by atoms with Gasteiger partial charge >= 0.3 is 0 Å². The van der Waals surface area contributed by atoms with Crippen LogP contribution in [-0.4, -0.2) is 43.0 Å². The van der Waals surface area contributed by atoms with E-state index < -0.39 is 0 Å². The third kappa shape index (κ3) is 3.83. The SMILES string of the molecule is CCn1ccnc(NCC(COC)OC)c1=O. The summed E-state index contributed by atoms with van der Waals surface area (Å²) in [6.07, 6.45) is 3.17. The highest BCUT2D eigenvalue weighted by molar-refractivity contribution is 5.30. The summed E-state index contributed by atoms with van der Waals surface area (Å²) in [6, 6.07) is 0. The molecule has 0 aliphatic carbocycles. The van der Waals surface area contributed by atoms with Crippen LogP contribution in [0.2, 0.25) is 0 Å². The van der Waals surface area contributed by atoms with Gasteiger partial charge in [0, 0.05) is 39.7 Å². The Balaban J connectivity index is 2.65. The van der Waals surface area contributed by atoms with E-state index in [9.17, 15) is 4.79 Å². The first-order valence-electron chi connectivity index (χ1n) is 5.54. The number of nitrogens with one attached hydrogen (secondary N) is 1. The number of anilines is 1. The molecule has 0 aliphatic heterocycles. The molecule has 0 radical (unpaired) electrons. The molecular weight excluding hydrogens is 222 g/mol. The lowest BCUT2D eigenvalue weighted by molar-refractivity contribution is 0.0365. The summed E-state index contributed by atoms with van der Waals surface area (Å²) in [5.74, 6) is 0.340. The Morgan fingerprint density at radius 3 is 2.88 bits per heavy atom. The van der Waals surface area contributed by atoms with Crippen LogP contribution in [0.25, 0.3) is 0 Å². The highest BCUT2D eigenvalue weighted by Crippen LogP contribution is 1.96. The predicted octanol–water partition coefficient (Wildman–Crippen LogP) is 0.336. The fraction of sp³-hybridized carbons (Fsp3) is 0.636. The molecule has 1 aromatic rings. The highest BCUT2D eigenvalue weighted by Gasteiger charge is 2.09. The van der Waals surface area contributed by atoms with Crippen LogP contribution in [0.3, 0.4) is 0 Å². The molecule has 0 saturated heterocycles. The molecule has 1 N–H and O–H groups in total. The normalized spacial score (nSPS) is 12.4. The van der Waals surface area contributed by atoms with E-state index in [0.29, 0.717) is 25.5 Å². The molecule has 0 bridgehead atoms. The molecule has 0 spiro atoms. The molecule has 1 unspecified atom stereocenters. The molecule has 0 aromatic carbocycles. The number of nitrogens with zero attached hydrogens (tertiary/aromatic N) is 2. The van der Waals surface area contributed by atoms with Crippen LogP contribution in [0.15, 0.2) is 17.2 Å². The van der Waals surface area contributed by atoms with Crippen molar-refractivity contribution in [1.29, 1.82) is 0 Å². The van der Waals surface area contributed by atoms with Crippen molar-refractivity contribution in [3.05, 3.63) is 22.7 Å². The zero-order valence-electron chi connectivity index (χ0n) is 10.5. The smallest absolute Gasteiger partial charge is 0.293 e. The van der Waals surface area contributed by atoms with Crippen molar-refractivity contribution in [2.45, 2.75) is 19.6 Å². The van der Waals surface area contributed by atoms with E-state index >= 15 is 0 Å². The number of hydrogen-bond acceptors (Lipinski definition) is 5. The topological polar surface area (TPSA) is 65.4 Å². The minimum atomic E-state index is -0.123. The summed E-state index contributed by atoms with van der Waals surface area (Å²) < 4.78 is 11.8. The fourth-order valence-corrected chi connectivity index (χ4v) is 1.42. The van der Waals surface area contributed by atoms with Crippen molar-refractivity contribution in [3.8, 4) is 0 Å². The van der Waals surface area contributed by atoms with Crippen LogP contribution in [-0.2, 0) is 16.0 Å². The molecule has 0 aliphatic rings. The van der Waals surface area contributed by atoms with E-state index in [1.54, 1.807) is 31.2 Å². The average Bonchev–Trinajstić information content (AvgIpc) is 2.36. The van der Waals surface area contributed by atoms with E-state index in [4.69, 9.17) is 9.47 Å². The van der Waals surface area contributed by atoms with E-state index in [0.717, 1.165) is 0 Å². The average molecular weight is 241 g/mol. The van der Waals surface area contributed by atoms with Crippen molar-refractivity contribution >= 4 is 5.82 Å². The van der Waals surface area contributed by atoms with Gasteiger partial charge in [0.15, 0.2) is 5.82 Å². The highest BCUT2D eigenvalue weighted by atomic mass is 16.5. The Labute approximate surface area is 101 Å². The zero-order chi connectivity index (χ0) is 12.7. The Morgan fingerprint density at radius 1 is 1.53 bits per heavy atom. The summed E-state index contributed by atoms with van der Waals surface area (Å²) in [4.78, 5) is 15.8. The molecule has 0 fully saturated rings. The van der Waals surface area contributed by atoms with Crippen LogP contribution in [0.1, 0.15) is 6.92 Å². The Bertz CT molecular complexity index is 392. The number of aromatic nitrogens is 2. The molecule has 0 saturated carbocycles. The van der Waals surface area contributed by atoms with Gasteiger partial charge in [0.1, 0.15) is 0 Å². The summed E-state index contributed by atoms with van der Waals surface area (Å²) in [7, 11) is 3.21. The molecule has 1 heterocycles. The number of methoxy groups -OCH3 is 2. The van der Waals surface area contributed by atoms with Gasteiger partial charge in [0.25, 0.3) is 5.56 Å². The van der Waals surface area contributed by atoms with E-state index in [2.05, 4.69) is 10.3 Å². The van der Waals surface area contributed by atoms with Gasteiger partial charge in [0.05, 0.1) is 12.7 Å². The Kier molecular flexibility index (Phi) is 5.65. The molecule has 1 rings (SSSR count). The molecule has 96 valence electrons. The molecule has 6 heteroatoms. The van der Waals surface area contributed by atoms with Gasteiger partial charge in [-0.25, -0.2) is 4.98 Å². The van der Waals surface area contributed by atoms with Gasteiger partial charge in [-0.3, -0.25) is 4.79 Å². The number of aryl methyl sites for hydroxylation is 1. The summed E-state index contributed by atoms with van der Waals surface area (Å²) in [6.45, 7) is 3.49. The molecule has 0 amide bonds. The first-order valence-corrected chi connectivity index (χ1v) is 5.54. The van der Waals surface area contributed by atoms with Crippen molar-refractivity contribution in [2.24, 2.45) is 0 Å². The molecule has 1 atom stereocenters. The minimum absolute atomic E-state index is 0.100. The lowest BCUT2D eigenvalue weighted by atomic mass is 10.3. The third-order valence-corrected chi connectivity index (χ3v) is 2.44. The maximum absolute atomic E-state index is 11.8. The monoisotopic (exact) mass is 241 g/mol. The van der Waals surface area contributed by atoms with Crippen LogP contribution in [0.4, 0.5) is 5.82 Å². The van der Waals surface area contributed by atoms with Crippen LogP contribution in [0.5, 0.6) is 0 Å². The van der Waals surface area contributed by atoms with Crippen LogP contribution in [0, 0.1) is 0 Å². The maximum atomic E-state index is 11.8. The van der Waals surface area contributed by atoms with Gasteiger partial charge in [-0.05, 0) is 6.92 Å². The van der Waals surface area contributed by atoms with Crippen molar-refractivity contribution in [3.63, 3.8) is 0 Å². The van der Waals surface area contributed by atoms with Gasteiger partial charge in [-0.15, -0.1) is 0 Å². The number of rotatable bonds is 7. The molecule has 6 nitrogen and oxygen atoms in total. The first kappa shape index (κ1) is 13.7. The van der Waals surface area contributed by atoms with Crippen molar-refractivity contribution in [1.82, 2.24) is 9.55 Å². The zero-order valence-corrected chi connectivity index (χ0v) is 10.5. The molecule has 1 aromatic heterocycles. The standard InChI is InChI=1S/C11H19N3O3/c1-4-14-6-5-12-10(11(14)15)13-7-9(17-3)8-16-2/h5-6,9H,4,7-8H2,1-3H3,(H,12,13). The van der Waals surface area contributed by atoms with E-state index in [1.807, 2.05) is 6.92 Å². The number of ether oxygens (including phenoxy) is 2. The van der Waals surface area contributed by atoms with E-state index in [-0.39, 0.29) is 11.7 Å². The fourth-order valence-electron chi connectivity index (χ4n) is 1.42.